The lowest BCUT2D eigenvalue weighted by atomic mass is 10.0. The highest BCUT2D eigenvalue weighted by Crippen LogP contribution is 2.30. The molecule has 0 saturated heterocycles. The van der Waals surface area contributed by atoms with E-state index >= 15 is 0 Å². The lowest BCUT2D eigenvalue weighted by molar-refractivity contribution is -0.142. The number of carboxylic acid groups (broad SMARTS) is 1. The van der Waals surface area contributed by atoms with E-state index in [0.29, 0.717) is 0 Å². The van der Waals surface area contributed by atoms with Gasteiger partial charge in [0.05, 0.1) is 18.6 Å². The maximum absolute atomic E-state index is 12.3. The number of amides is 1. The van der Waals surface area contributed by atoms with E-state index in [1.165, 1.54) is 22.4 Å². The molecule has 23 heavy (non-hydrogen) atoms. The Morgan fingerprint density at radius 1 is 1.30 bits per heavy atom. The first-order valence-electron chi connectivity index (χ1n) is 7.94. The number of furan rings is 1. The van der Waals surface area contributed by atoms with Gasteiger partial charge in [-0.2, -0.15) is 0 Å². The summed E-state index contributed by atoms with van der Waals surface area (Å²) in [5.74, 6) is -1.57. The van der Waals surface area contributed by atoms with E-state index in [1.807, 2.05) is 0 Å². The molecule has 1 unspecified atom stereocenters. The molecule has 0 bridgehead atoms. The molecule has 1 atom stereocenters. The minimum atomic E-state index is -0.894. The van der Waals surface area contributed by atoms with Crippen LogP contribution in [0.1, 0.15) is 30.0 Å². The Balaban J connectivity index is 1.76. The number of hydrogen-bond donors (Lipinski definition) is 1. The fraction of sp³-hybridized carbons (Fsp3) is 0.444. The molecule has 0 aliphatic heterocycles. The van der Waals surface area contributed by atoms with Crippen LogP contribution >= 0.6 is 0 Å². The van der Waals surface area contributed by atoms with Crippen LogP contribution in [-0.4, -0.2) is 35.5 Å². The van der Waals surface area contributed by atoms with E-state index in [0.717, 1.165) is 29.4 Å². The van der Waals surface area contributed by atoms with E-state index in [4.69, 9.17) is 9.52 Å². The zero-order valence-electron chi connectivity index (χ0n) is 13.5. The van der Waals surface area contributed by atoms with Crippen LogP contribution in [0, 0.1) is 5.92 Å². The van der Waals surface area contributed by atoms with Crippen LogP contribution in [0.3, 0.4) is 0 Å². The van der Waals surface area contributed by atoms with Crippen LogP contribution in [0.15, 0.2) is 22.8 Å². The number of carboxylic acids is 1. The van der Waals surface area contributed by atoms with Gasteiger partial charge in [-0.1, -0.05) is 6.92 Å². The molecule has 5 nitrogen and oxygen atoms in total. The summed E-state index contributed by atoms with van der Waals surface area (Å²) in [6.45, 7) is 1.81. The topological polar surface area (TPSA) is 70.8 Å². The number of aliphatic carboxylic acids is 1. The smallest absolute Gasteiger partial charge is 0.308 e. The third-order valence-corrected chi connectivity index (χ3v) is 4.60. The predicted molar refractivity (Wildman–Crippen MR) is 86.4 cm³/mol. The third-order valence-electron chi connectivity index (χ3n) is 4.60. The Morgan fingerprint density at radius 2 is 2.00 bits per heavy atom. The van der Waals surface area contributed by atoms with E-state index in [1.54, 1.807) is 20.2 Å². The average Bonchev–Trinajstić information content (AvgIpc) is 3.11. The van der Waals surface area contributed by atoms with Crippen molar-refractivity contribution in [3.63, 3.8) is 0 Å². The highest BCUT2D eigenvalue weighted by Gasteiger charge is 2.20. The largest absolute Gasteiger partial charge is 0.481 e. The second-order valence-corrected chi connectivity index (χ2v) is 6.42. The van der Waals surface area contributed by atoms with Crippen LogP contribution in [0.4, 0.5) is 0 Å². The molecule has 0 radical (unpaired) electrons. The summed E-state index contributed by atoms with van der Waals surface area (Å²) in [6, 6.07) is 4.23. The third kappa shape index (κ3) is 3.09. The summed E-state index contributed by atoms with van der Waals surface area (Å²) >= 11 is 0. The van der Waals surface area contributed by atoms with Gasteiger partial charge in [-0.3, -0.25) is 9.59 Å². The molecule has 0 saturated carbocycles. The minimum absolute atomic E-state index is 0.0960. The number of hydrogen-bond acceptors (Lipinski definition) is 3. The van der Waals surface area contributed by atoms with Crippen molar-refractivity contribution in [2.24, 2.45) is 5.92 Å². The van der Waals surface area contributed by atoms with E-state index in [-0.39, 0.29) is 18.9 Å². The zero-order valence-corrected chi connectivity index (χ0v) is 13.5. The van der Waals surface area contributed by atoms with Gasteiger partial charge in [0, 0.05) is 24.5 Å². The second kappa shape index (κ2) is 6.07. The fourth-order valence-corrected chi connectivity index (χ4v) is 3.17. The predicted octanol–water partition coefficient (Wildman–Crippen LogP) is 2.64. The van der Waals surface area contributed by atoms with Crippen molar-refractivity contribution in [2.75, 3.05) is 13.6 Å². The summed E-state index contributed by atoms with van der Waals surface area (Å²) in [5, 5.41) is 9.95. The first-order valence-corrected chi connectivity index (χ1v) is 7.94. The lowest BCUT2D eigenvalue weighted by Gasteiger charge is -2.19. The summed E-state index contributed by atoms with van der Waals surface area (Å²) in [6.07, 6.45) is 5.22. The molecule has 1 amide bonds. The van der Waals surface area contributed by atoms with Gasteiger partial charge < -0.3 is 14.4 Å². The number of benzene rings is 1. The molecule has 2 aromatic rings. The first kappa shape index (κ1) is 15.6. The van der Waals surface area contributed by atoms with Gasteiger partial charge in [0.25, 0.3) is 0 Å². The molecule has 1 aliphatic carbocycles. The highest BCUT2D eigenvalue weighted by molar-refractivity contribution is 5.88. The molecule has 0 spiro atoms. The molecule has 5 heteroatoms. The molecular formula is C18H21NO4. The molecule has 1 aliphatic rings. The normalized spacial score (nSPS) is 14.7. The number of carbonyl (C=O) groups excluding carboxylic acids is 1. The molecule has 122 valence electrons. The Hall–Kier alpha value is -2.30. The van der Waals surface area contributed by atoms with Crippen molar-refractivity contribution in [1.29, 1.82) is 0 Å². The summed E-state index contributed by atoms with van der Waals surface area (Å²) in [4.78, 5) is 24.7. The summed E-state index contributed by atoms with van der Waals surface area (Å²) in [5.41, 5.74) is 4.39. The Labute approximate surface area is 134 Å². The van der Waals surface area contributed by atoms with Gasteiger partial charge in [-0.25, -0.2) is 0 Å². The van der Waals surface area contributed by atoms with Gasteiger partial charge in [0.1, 0.15) is 5.58 Å². The van der Waals surface area contributed by atoms with Crippen LogP contribution in [0.2, 0.25) is 0 Å². The number of rotatable bonds is 5. The maximum atomic E-state index is 12.3. The Morgan fingerprint density at radius 3 is 2.70 bits per heavy atom. The van der Waals surface area contributed by atoms with Crippen LogP contribution < -0.4 is 0 Å². The Kier molecular flexibility index (Phi) is 4.11. The van der Waals surface area contributed by atoms with Crippen molar-refractivity contribution in [2.45, 2.75) is 32.6 Å². The fourth-order valence-electron chi connectivity index (χ4n) is 3.17. The van der Waals surface area contributed by atoms with Crippen molar-refractivity contribution >= 4 is 22.8 Å². The van der Waals surface area contributed by atoms with E-state index < -0.39 is 11.9 Å². The summed E-state index contributed by atoms with van der Waals surface area (Å²) < 4.78 is 5.61. The minimum Gasteiger partial charge on any atom is -0.481 e. The monoisotopic (exact) mass is 315 g/mol. The van der Waals surface area contributed by atoms with Gasteiger partial charge in [-0.15, -0.1) is 0 Å². The maximum Gasteiger partial charge on any atom is 0.308 e. The Bertz CT molecular complexity index is 762. The van der Waals surface area contributed by atoms with E-state index in [2.05, 4.69) is 12.1 Å². The van der Waals surface area contributed by atoms with E-state index in [9.17, 15) is 9.59 Å². The quantitative estimate of drug-likeness (QED) is 0.921. The van der Waals surface area contributed by atoms with Gasteiger partial charge in [0.2, 0.25) is 5.91 Å². The molecule has 1 N–H and O–H groups in total. The van der Waals surface area contributed by atoms with Gasteiger partial charge >= 0.3 is 5.97 Å². The van der Waals surface area contributed by atoms with Gasteiger partial charge in [-0.05, 0) is 42.5 Å². The molecule has 0 fully saturated rings. The van der Waals surface area contributed by atoms with Crippen LogP contribution in [-0.2, 0) is 28.9 Å². The average molecular weight is 315 g/mol. The number of carbonyl (C=O) groups is 2. The highest BCUT2D eigenvalue weighted by atomic mass is 16.4. The molecular weight excluding hydrogens is 294 g/mol. The summed E-state index contributed by atoms with van der Waals surface area (Å²) in [7, 11) is 1.64. The number of nitrogens with zero attached hydrogens (tertiary/aromatic N) is 1. The number of fused-ring (bicyclic) bond motifs is 2. The SMILES string of the molecule is CC(CN(C)C(=O)Cc1coc2cc3c(cc12)CCC3)C(=O)O. The van der Waals surface area contributed by atoms with Crippen molar-refractivity contribution in [3.8, 4) is 0 Å². The van der Waals surface area contributed by atoms with Gasteiger partial charge in [0.15, 0.2) is 0 Å². The zero-order chi connectivity index (χ0) is 16.6. The molecule has 1 heterocycles. The number of aryl methyl sites for hydroxylation is 2. The molecule has 3 rings (SSSR count). The van der Waals surface area contributed by atoms with Crippen molar-refractivity contribution in [3.05, 3.63) is 35.1 Å². The number of likely N-dealkylation sites (N-methyl/N-ethyl adjacent to an activating group) is 1. The van der Waals surface area contributed by atoms with Crippen LogP contribution in [0.5, 0.6) is 0 Å². The molecule has 1 aromatic heterocycles. The standard InChI is InChI=1S/C18H21NO4/c1-11(18(21)22)9-19(2)17(20)8-14-10-23-16-7-13-5-3-4-12(13)6-15(14)16/h6-7,10-11H,3-5,8-9H2,1-2H3,(H,21,22). The van der Waals surface area contributed by atoms with Crippen LogP contribution in [0.25, 0.3) is 11.0 Å². The van der Waals surface area contributed by atoms with Crippen molar-refractivity contribution in [1.82, 2.24) is 4.90 Å². The first-order chi connectivity index (χ1) is 11.0. The second-order valence-electron chi connectivity index (χ2n) is 6.42. The molecule has 1 aromatic carbocycles. The van der Waals surface area contributed by atoms with Crippen molar-refractivity contribution < 1.29 is 19.1 Å². The lowest BCUT2D eigenvalue weighted by Crippen LogP contribution is -2.34.